The molecule has 0 saturated carbocycles. The molecule has 0 fully saturated rings. The van der Waals surface area contributed by atoms with Gasteiger partial charge in [-0.15, -0.1) is 0 Å². The molecule has 0 saturated heterocycles. The number of ketones is 1. The van der Waals surface area contributed by atoms with Crippen LogP contribution in [-0.4, -0.2) is 26.0 Å². The second-order valence-corrected chi connectivity index (χ2v) is 11.7. The Labute approximate surface area is 116 Å². The molecule has 0 N–H and O–H groups in total. The van der Waals surface area contributed by atoms with E-state index in [1.54, 1.807) is 0 Å². The SMILES string of the molecule is [CH3][Sb]([CH3])[CH2]c1ccc(C(=O)c2ccccc2)cc1. The molecule has 0 atom stereocenters. The molecule has 18 heavy (non-hydrogen) atoms. The van der Waals surface area contributed by atoms with Crippen LogP contribution in [-0.2, 0) is 4.37 Å². The molecule has 2 aromatic rings. The number of hydrogen-bond acceptors (Lipinski definition) is 1. The Morgan fingerprint density at radius 1 is 0.889 bits per heavy atom. The number of rotatable bonds is 4. The normalized spacial score (nSPS) is 10.6. The molecule has 2 heteroatoms. The maximum atomic E-state index is 12.2. The van der Waals surface area contributed by atoms with Crippen LogP contribution in [0.4, 0.5) is 0 Å². The molecular formula is C16H17OSb. The summed E-state index contributed by atoms with van der Waals surface area (Å²) in [7, 11) is 0. The summed E-state index contributed by atoms with van der Waals surface area (Å²) in [5.74, 6) is 0.105. The summed E-state index contributed by atoms with van der Waals surface area (Å²) in [6.07, 6.45) is 0. The minimum absolute atomic E-state index is 0.105. The summed E-state index contributed by atoms with van der Waals surface area (Å²) >= 11 is -0.973. The van der Waals surface area contributed by atoms with Crippen LogP contribution >= 0.6 is 0 Å². The molecule has 2 aromatic carbocycles. The van der Waals surface area contributed by atoms with Crippen molar-refractivity contribution in [2.45, 2.75) is 14.1 Å². The fourth-order valence-corrected chi connectivity index (χ4v) is 4.57. The Kier molecular flexibility index (Phi) is 4.60. The predicted octanol–water partition coefficient (Wildman–Crippen LogP) is 3.75. The minimum atomic E-state index is -0.973. The van der Waals surface area contributed by atoms with Gasteiger partial charge in [-0.25, -0.2) is 0 Å². The number of carbonyl (C=O) groups is 1. The van der Waals surface area contributed by atoms with Crippen LogP contribution in [0.1, 0.15) is 21.5 Å². The first-order chi connectivity index (χ1) is 8.66. The fourth-order valence-electron chi connectivity index (χ4n) is 1.88. The van der Waals surface area contributed by atoms with Crippen LogP contribution in [0.15, 0.2) is 54.6 Å². The second kappa shape index (κ2) is 6.20. The van der Waals surface area contributed by atoms with Crippen molar-refractivity contribution in [1.82, 2.24) is 0 Å². The van der Waals surface area contributed by atoms with Crippen molar-refractivity contribution in [3.63, 3.8) is 0 Å². The summed E-state index contributed by atoms with van der Waals surface area (Å²) < 4.78 is 1.24. The van der Waals surface area contributed by atoms with Crippen molar-refractivity contribution < 1.29 is 4.79 Å². The van der Waals surface area contributed by atoms with E-state index in [-0.39, 0.29) is 5.78 Å². The molecule has 0 amide bonds. The second-order valence-electron chi connectivity index (χ2n) is 4.63. The third-order valence-corrected chi connectivity index (χ3v) is 5.60. The van der Waals surface area contributed by atoms with Gasteiger partial charge in [0.05, 0.1) is 0 Å². The van der Waals surface area contributed by atoms with Crippen LogP contribution in [0.5, 0.6) is 0 Å². The average Bonchev–Trinajstić information content (AvgIpc) is 2.39. The van der Waals surface area contributed by atoms with Gasteiger partial charge < -0.3 is 0 Å². The topological polar surface area (TPSA) is 17.1 Å². The molecule has 0 heterocycles. The molecule has 0 bridgehead atoms. The van der Waals surface area contributed by atoms with Crippen LogP contribution in [0.3, 0.4) is 0 Å². The summed E-state index contributed by atoms with van der Waals surface area (Å²) in [4.78, 5) is 17.0. The molecule has 92 valence electrons. The Balaban J connectivity index is 2.17. The zero-order valence-corrected chi connectivity index (χ0v) is 13.3. The van der Waals surface area contributed by atoms with Crippen LogP contribution in [0.25, 0.3) is 0 Å². The molecule has 0 spiro atoms. The van der Waals surface area contributed by atoms with E-state index in [4.69, 9.17) is 0 Å². The van der Waals surface area contributed by atoms with Gasteiger partial charge in [-0.1, -0.05) is 0 Å². The van der Waals surface area contributed by atoms with Crippen molar-refractivity contribution in [1.29, 1.82) is 0 Å². The van der Waals surface area contributed by atoms with Gasteiger partial charge in [0.1, 0.15) is 0 Å². The number of carbonyl (C=O) groups excluding carboxylic acids is 1. The van der Waals surface area contributed by atoms with Crippen LogP contribution < -0.4 is 0 Å². The number of hydrogen-bond donors (Lipinski definition) is 0. The Bertz CT molecular complexity index is 515. The Morgan fingerprint density at radius 2 is 1.44 bits per heavy atom. The predicted molar refractivity (Wildman–Crippen MR) is 77.5 cm³/mol. The summed E-state index contributed by atoms with van der Waals surface area (Å²) in [5, 5.41) is 0. The van der Waals surface area contributed by atoms with Gasteiger partial charge in [-0.3, -0.25) is 0 Å². The third-order valence-electron chi connectivity index (χ3n) is 2.75. The molecule has 1 nitrogen and oxygen atoms in total. The zero-order valence-electron chi connectivity index (χ0n) is 10.8. The van der Waals surface area contributed by atoms with Gasteiger partial charge in [0.25, 0.3) is 0 Å². The molecule has 0 aliphatic heterocycles. The van der Waals surface area contributed by atoms with Crippen molar-refractivity contribution in [2.24, 2.45) is 0 Å². The van der Waals surface area contributed by atoms with E-state index in [1.807, 2.05) is 42.5 Å². The summed E-state index contributed by atoms with van der Waals surface area (Å²) in [6.45, 7) is 0. The van der Waals surface area contributed by atoms with E-state index >= 15 is 0 Å². The molecule has 0 aliphatic rings. The van der Waals surface area contributed by atoms with Gasteiger partial charge >= 0.3 is 116 Å². The average molecular weight is 347 g/mol. The first-order valence-electron chi connectivity index (χ1n) is 6.00. The van der Waals surface area contributed by atoms with Gasteiger partial charge in [-0.2, -0.15) is 0 Å². The van der Waals surface area contributed by atoms with E-state index in [1.165, 1.54) is 9.93 Å². The zero-order chi connectivity index (χ0) is 13.0. The van der Waals surface area contributed by atoms with Crippen molar-refractivity contribution in [3.8, 4) is 0 Å². The molecular weight excluding hydrogens is 330 g/mol. The molecule has 0 radical (unpaired) electrons. The Morgan fingerprint density at radius 3 is 2.00 bits per heavy atom. The van der Waals surface area contributed by atoms with Crippen molar-refractivity contribution in [2.75, 3.05) is 0 Å². The van der Waals surface area contributed by atoms with Crippen LogP contribution in [0, 0.1) is 0 Å². The van der Waals surface area contributed by atoms with E-state index in [0.29, 0.717) is 0 Å². The first-order valence-corrected chi connectivity index (χ1v) is 12.9. The van der Waals surface area contributed by atoms with Crippen molar-refractivity contribution in [3.05, 3.63) is 71.3 Å². The first kappa shape index (κ1) is 13.4. The third kappa shape index (κ3) is 3.46. The van der Waals surface area contributed by atoms with Gasteiger partial charge in [0.2, 0.25) is 0 Å². The van der Waals surface area contributed by atoms with Gasteiger partial charge in [-0.05, 0) is 0 Å². The molecule has 0 unspecified atom stereocenters. The monoisotopic (exact) mass is 346 g/mol. The quantitative estimate of drug-likeness (QED) is 0.608. The molecule has 2 rings (SSSR count). The van der Waals surface area contributed by atoms with E-state index in [9.17, 15) is 4.79 Å². The van der Waals surface area contributed by atoms with Gasteiger partial charge in [0, 0.05) is 0 Å². The van der Waals surface area contributed by atoms with E-state index < -0.39 is 20.2 Å². The number of benzene rings is 2. The standard InChI is InChI=1S/C14H11O.2CH3.Sb/c1-11-7-9-13(10-8-11)14(15)12-5-3-2-4-6-12;;;/h2-10H,1H2;2*1H3;. The van der Waals surface area contributed by atoms with E-state index in [2.05, 4.69) is 21.9 Å². The molecule has 0 aromatic heterocycles. The summed E-state index contributed by atoms with van der Waals surface area (Å²) in [6, 6.07) is 17.5. The van der Waals surface area contributed by atoms with E-state index in [0.717, 1.165) is 11.1 Å². The van der Waals surface area contributed by atoms with Crippen LogP contribution in [0.2, 0.25) is 9.74 Å². The fraction of sp³-hybridized carbons (Fsp3) is 0.188. The maximum absolute atomic E-state index is 12.2. The van der Waals surface area contributed by atoms with Crippen molar-refractivity contribution >= 4 is 26.0 Å². The summed E-state index contributed by atoms with van der Waals surface area (Å²) in [5.41, 5.74) is 2.90. The van der Waals surface area contributed by atoms with Gasteiger partial charge in [0.15, 0.2) is 0 Å². The Hall–Kier alpha value is -1.07. The molecule has 0 aliphatic carbocycles.